The molecule has 0 aromatic heterocycles. The number of halogens is 1. The zero-order valence-electron chi connectivity index (χ0n) is 10.6. The Balaban J connectivity index is 3.07. The predicted molar refractivity (Wildman–Crippen MR) is 69.1 cm³/mol. The van der Waals surface area contributed by atoms with E-state index in [1.165, 1.54) is 13.8 Å². The number of nitrogen functional groups attached to an aromatic ring is 1. The molecule has 0 radical (unpaired) electrons. The molecule has 1 unspecified atom stereocenters. The lowest BCUT2D eigenvalue weighted by atomic mass is 10.2. The number of primary amides is 1. The first-order valence-corrected chi connectivity index (χ1v) is 6.98. The Morgan fingerprint density at radius 3 is 2.58 bits per heavy atom. The topological polar surface area (TPSA) is 115 Å². The van der Waals surface area contributed by atoms with Crippen LogP contribution in [0.1, 0.15) is 18.9 Å². The fourth-order valence-electron chi connectivity index (χ4n) is 1.63. The lowest BCUT2D eigenvalue weighted by Crippen LogP contribution is -2.36. The third-order valence-electron chi connectivity index (χ3n) is 2.45. The van der Waals surface area contributed by atoms with E-state index in [1.807, 2.05) is 0 Å². The van der Waals surface area contributed by atoms with E-state index in [4.69, 9.17) is 11.5 Å². The molecule has 0 bridgehead atoms. The monoisotopic (exact) mass is 289 g/mol. The van der Waals surface area contributed by atoms with E-state index in [2.05, 4.69) is 4.72 Å². The van der Waals surface area contributed by atoms with Gasteiger partial charge in [-0.2, -0.15) is 0 Å². The van der Waals surface area contributed by atoms with Gasteiger partial charge in [0.1, 0.15) is 5.82 Å². The van der Waals surface area contributed by atoms with Crippen LogP contribution in [0.25, 0.3) is 0 Å². The lowest BCUT2D eigenvalue weighted by Gasteiger charge is -2.14. The third-order valence-corrected chi connectivity index (χ3v) is 4.18. The van der Waals surface area contributed by atoms with Gasteiger partial charge in [0.15, 0.2) is 0 Å². The van der Waals surface area contributed by atoms with Gasteiger partial charge in [-0.1, -0.05) is 0 Å². The molecule has 1 amide bonds. The molecule has 0 aliphatic heterocycles. The highest BCUT2D eigenvalue weighted by Crippen LogP contribution is 2.21. The first-order chi connectivity index (χ1) is 8.63. The van der Waals surface area contributed by atoms with Crippen LogP contribution in [0.2, 0.25) is 0 Å². The number of carbonyl (C=O) groups excluding carboxylic acids is 1. The van der Waals surface area contributed by atoms with Gasteiger partial charge < -0.3 is 11.5 Å². The summed E-state index contributed by atoms with van der Waals surface area (Å²) in [6.45, 7) is 2.96. The number of anilines is 1. The number of aryl methyl sites for hydroxylation is 1. The van der Waals surface area contributed by atoms with Gasteiger partial charge in [0, 0.05) is 12.5 Å². The zero-order valence-corrected chi connectivity index (χ0v) is 11.4. The van der Waals surface area contributed by atoms with Crippen molar-refractivity contribution in [1.82, 2.24) is 4.72 Å². The molecule has 0 aliphatic rings. The van der Waals surface area contributed by atoms with Crippen LogP contribution in [-0.4, -0.2) is 20.4 Å². The van der Waals surface area contributed by atoms with Gasteiger partial charge in [0.2, 0.25) is 15.9 Å². The molecule has 0 aliphatic carbocycles. The summed E-state index contributed by atoms with van der Waals surface area (Å²) in [5.41, 5.74) is 10.3. The summed E-state index contributed by atoms with van der Waals surface area (Å²) in [4.78, 5) is 10.6. The van der Waals surface area contributed by atoms with Crippen molar-refractivity contribution in [2.45, 2.75) is 31.2 Å². The molecule has 0 saturated heterocycles. The largest absolute Gasteiger partial charge is 0.396 e. The van der Waals surface area contributed by atoms with Gasteiger partial charge >= 0.3 is 0 Å². The van der Waals surface area contributed by atoms with Crippen molar-refractivity contribution in [2.24, 2.45) is 5.73 Å². The van der Waals surface area contributed by atoms with Gasteiger partial charge in [-0.3, -0.25) is 4.79 Å². The van der Waals surface area contributed by atoms with Gasteiger partial charge in [0.05, 0.1) is 10.6 Å². The molecular formula is C11H16FN3O3S. The molecule has 0 saturated carbocycles. The Kier molecular flexibility index (Phi) is 4.48. The van der Waals surface area contributed by atoms with E-state index in [-0.39, 0.29) is 22.6 Å². The summed E-state index contributed by atoms with van der Waals surface area (Å²) < 4.78 is 39.6. The second-order valence-electron chi connectivity index (χ2n) is 4.33. The molecule has 6 nitrogen and oxygen atoms in total. The summed E-state index contributed by atoms with van der Waals surface area (Å²) in [7, 11) is -3.88. The number of rotatable bonds is 5. The van der Waals surface area contributed by atoms with E-state index >= 15 is 0 Å². The van der Waals surface area contributed by atoms with Crippen molar-refractivity contribution in [3.05, 3.63) is 23.5 Å². The van der Waals surface area contributed by atoms with Gasteiger partial charge in [0.25, 0.3) is 0 Å². The van der Waals surface area contributed by atoms with Crippen LogP contribution in [-0.2, 0) is 14.8 Å². The summed E-state index contributed by atoms with van der Waals surface area (Å²) >= 11 is 0. The number of nitrogens with one attached hydrogen (secondary N) is 1. The number of sulfonamides is 1. The average Bonchev–Trinajstić information content (AvgIpc) is 2.20. The normalized spacial score (nSPS) is 13.2. The minimum atomic E-state index is -3.88. The smallest absolute Gasteiger partial charge is 0.241 e. The standard InChI is InChI=1S/C11H16FN3O3S/c1-6-3-8(12)9(13)5-10(6)19(17,18)15-7(2)4-11(14)16/h3,5,7,15H,4,13H2,1-2H3,(H2,14,16). The van der Waals surface area contributed by atoms with Crippen molar-refractivity contribution in [3.63, 3.8) is 0 Å². The van der Waals surface area contributed by atoms with Crippen LogP contribution < -0.4 is 16.2 Å². The predicted octanol–water partition coefficient (Wildman–Crippen LogP) is 0.259. The molecule has 19 heavy (non-hydrogen) atoms. The Bertz CT molecular complexity index is 601. The van der Waals surface area contributed by atoms with Crippen LogP contribution in [0.5, 0.6) is 0 Å². The molecule has 0 spiro atoms. The molecule has 5 N–H and O–H groups in total. The molecule has 106 valence electrons. The highest BCUT2D eigenvalue weighted by molar-refractivity contribution is 7.89. The summed E-state index contributed by atoms with van der Waals surface area (Å²) in [6.07, 6.45) is -0.130. The van der Waals surface area contributed by atoms with Crippen molar-refractivity contribution in [1.29, 1.82) is 0 Å². The van der Waals surface area contributed by atoms with Crippen molar-refractivity contribution in [3.8, 4) is 0 Å². The van der Waals surface area contributed by atoms with E-state index in [0.717, 1.165) is 12.1 Å². The Hall–Kier alpha value is -1.67. The Labute approximate surface area is 111 Å². The first kappa shape index (κ1) is 15.4. The number of hydrogen-bond acceptors (Lipinski definition) is 4. The zero-order chi connectivity index (χ0) is 14.8. The molecule has 8 heteroatoms. The number of benzene rings is 1. The average molecular weight is 289 g/mol. The van der Waals surface area contributed by atoms with Crippen LogP contribution >= 0.6 is 0 Å². The highest BCUT2D eigenvalue weighted by Gasteiger charge is 2.21. The third kappa shape index (κ3) is 3.90. The summed E-state index contributed by atoms with van der Waals surface area (Å²) in [5, 5.41) is 0. The van der Waals surface area contributed by atoms with E-state index in [0.29, 0.717) is 0 Å². The molecule has 1 atom stereocenters. The fraction of sp³-hybridized carbons (Fsp3) is 0.364. The van der Waals surface area contributed by atoms with Crippen LogP contribution in [0.3, 0.4) is 0 Å². The maximum absolute atomic E-state index is 13.2. The lowest BCUT2D eigenvalue weighted by molar-refractivity contribution is -0.118. The minimum Gasteiger partial charge on any atom is -0.396 e. The number of hydrogen-bond donors (Lipinski definition) is 3. The summed E-state index contributed by atoms with van der Waals surface area (Å²) in [6, 6.07) is 1.43. The molecule has 1 rings (SSSR count). The highest BCUT2D eigenvalue weighted by atomic mass is 32.2. The van der Waals surface area contributed by atoms with Gasteiger partial charge in [-0.05, 0) is 31.5 Å². The molecular weight excluding hydrogens is 273 g/mol. The second kappa shape index (κ2) is 5.54. The maximum atomic E-state index is 13.2. The summed E-state index contributed by atoms with van der Waals surface area (Å²) in [5.74, 6) is -1.30. The fourth-order valence-corrected chi connectivity index (χ4v) is 3.13. The van der Waals surface area contributed by atoms with Gasteiger partial charge in [-0.25, -0.2) is 17.5 Å². The number of nitrogens with two attached hydrogens (primary N) is 2. The van der Waals surface area contributed by atoms with E-state index < -0.39 is 27.8 Å². The van der Waals surface area contributed by atoms with Crippen molar-refractivity contribution in [2.75, 3.05) is 5.73 Å². The van der Waals surface area contributed by atoms with Crippen LogP contribution in [0.4, 0.5) is 10.1 Å². The van der Waals surface area contributed by atoms with Crippen LogP contribution in [0.15, 0.2) is 17.0 Å². The maximum Gasteiger partial charge on any atom is 0.241 e. The van der Waals surface area contributed by atoms with Crippen molar-refractivity contribution < 1.29 is 17.6 Å². The first-order valence-electron chi connectivity index (χ1n) is 5.49. The SMILES string of the molecule is Cc1cc(F)c(N)cc1S(=O)(=O)NC(C)CC(N)=O. The molecule has 0 fully saturated rings. The Morgan fingerprint density at radius 2 is 2.05 bits per heavy atom. The number of carbonyl (C=O) groups is 1. The van der Waals surface area contributed by atoms with Crippen molar-refractivity contribution >= 4 is 21.6 Å². The van der Waals surface area contributed by atoms with E-state index in [1.54, 1.807) is 0 Å². The van der Waals surface area contributed by atoms with E-state index in [9.17, 15) is 17.6 Å². The quantitative estimate of drug-likeness (QED) is 0.674. The number of amides is 1. The van der Waals surface area contributed by atoms with Gasteiger partial charge in [-0.15, -0.1) is 0 Å². The van der Waals surface area contributed by atoms with Crippen LogP contribution in [0, 0.1) is 12.7 Å². The minimum absolute atomic E-state index is 0.122. The second-order valence-corrected chi connectivity index (χ2v) is 6.01. The Morgan fingerprint density at radius 1 is 1.47 bits per heavy atom. The molecule has 0 heterocycles. The molecule has 1 aromatic carbocycles. The molecule has 1 aromatic rings.